The number of hydrogen-bond donors (Lipinski definition) is 2. The van der Waals surface area contributed by atoms with Crippen molar-refractivity contribution in [1.82, 2.24) is 0 Å². The van der Waals surface area contributed by atoms with Crippen molar-refractivity contribution >= 4 is 0 Å². The molecular weight excluding hydrogens is 256 g/mol. The Morgan fingerprint density at radius 2 is 1.52 bits per heavy atom. The quantitative estimate of drug-likeness (QED) is 0.629. The standard InChI is InChI=1S/C19H22N2/c1-3-9-15-11-8-14-18(17(15)10-4-2)19(20,21)16-12-6-5-7-13-16/h3-8,11-14H,1-2,9-10,20-21H2. The zero-order valence-electron chi connectivity index (χ0n) is 12.3. The number of rotatable bonds is 6. The van der Waals surface area contributed by atoms with Gasteiger partial charge in [-0.25, -0.2) is 0 Å². The van der Waals surface area contributed by atoms with Gasteiger partial charge in [0, 0.05) is 0 Å². The third-order valence-corrected chi connectivity index (χ3v) is 3.68. The molecule has 0 heterocycles. The van der Waals surface area contributed by atoms with Crippen molar-refractivity contribution in [2.45, 2.75) is 18.5 Å². The fourth-order valence-corrected chi connectivity index (χ4v) is 2.62. The van der Waals surface area contributed by atoms with Gasteiger partial charge in [0.15, 0.2) is 0 Å². The molecule has 2 heteroatoms. The number of hydrogen-bond acceptors (Lipinski definition) is 2. The van der Waals surface area contributed by atoms with Gasteiger partial charge >= 0.3 is 0 Å². The zero-order valence-corrected chi connectivity index (χ0v) is 12.3. The Kier molecular flexibility index (Phi) is 4.73. The second-order valence-corrected chi connectivity index (χ2v) is 5.16. The minimum Gasteiger partial charge on any atom is -0.306 e. The molecule has 0 atom stereocenters. The molecule has 0 saturated heterocycles. The SMILES string of the molecule is C=CCc1cccc(C(N)(N)c2ccccc2)c1CC=C. The summed E-state index contributed by atoms with van der Waals surface area (Å²) in [5.74, 6) is 0. The number of nitrogens with two attached hydrogens (primary N) is 2. The van der Waals surface area contributed by atoms with Crippen LogP contribution in [0.3, 0.4) is 0 Å². The Morgan fingerprint density at radius 1 is 0.857 bits per heavy atom. The molecule has 0 amide bonds. The number of allylic oxidation sites excluding steroid dienone is 2. The Bertz CT molecular complexity index is 627. The monoisotopic (exact) mass is 278 g/mol. The van der Waals surface area contributed by atoms with E-state index in [-0.39, 0.29) is 0 Å². The first-order valence-corrected chi connectivity index (χ1v) is 7.07. The van der Waals surface area contributed by atoms with Crippen molar-refractivity contribution in [3.05, 3.63) is 96.1 Å². The lowest BCUT2D eigenvalue weighted by Gasteiger charge is -2.29. The van der Waals surface area contributed by atoms with Gasteiger partial charge in [0.2, 0.25) is 0 Å². The van der Waals surface area contributed by atoms with E-state index in [9.17, 15) is 0 Å². The third-order valence-electron chi connectivity index (χ3n) is 3.68. The second-order valence-electron chi connectivity index (χ2n) is 5.16. The van der Waals surface area contributed by atoms with Crippen LogP contribution < -0.4 is 11.5 Å². The van der Waals surface area contributed by atoms with Crippen molar-refractivity contribution in [3.8, 4) is 0 Å². The minimum absolute atomic E-state index is 0.738. The van der Waals surface area contributed by atoms with Crippen LogP contribution in [0.4, 0.5) is 0 Å². The van der Waals surface area contributed by atoms with Gasteiger partial charge in [0.1, 0.15) is 5.66 Å². The third kappa shape index (κ3) is 3.13. The summed E-state index contributed by atoms with van der Waals surface area (Å²) < 4.78 is 0. The lowest BCUT2D eigenvalue weighted by Crippen LogP contribution is -2.47. The Labute approximate surface area is 126 Å². The summed E-state index contributed by atoms with van der Waals surface area (Å²) in [5, 5.41) is 0. The molecule has 0 aliphatic rings. The van der Waals surface area contributed by atoms with E-state index in [0.29, 0.717) is 0 Å². The molecule has 4 N–H and O–H groups in total. The summed E-state index contributed by atoms with van der Waals surface area (Å²) in [4.78, 5) is 0. The normalized spacial score (nSPS) is 11.1. The summed E-state index contributed by atoms with van der Waals surface area (Å²) in [6, 6.07) is 15.9. The van der Waals surface area contributed by atoms with Crippen LogP contribution in [-0.4, -0.2) is 0 Å². The lowest BCUT2D eigenvalue weighted by molar-refractivity contribution is 0.561. The van der Waals surface area contributed by atoms with Crippen LogP contribution in [0.2, 0.25) is 0 Å². The first-order chi connectivity index (χ1) is 10.1. The summed E-state index contributed by atoms with van der Waals surface area (Å²) in [7, 11) is 0. The molecule has 0 aliphatic carbocycles. The highest BCUT2D eigenvalue weighted by Crippen LogP contribution is 2.28. The highest BCUT2D eigenvalue weighted by atomic mass is 15.0. The fraction of sp³-hybridized carbons (Fsp3) is 0.158. The molecule has 0 unspecified atom stereocenters. The molecule has 0 spiro atoms. The van der Waals surface area contributed by atoms with Gasteiger partial charge in [-0.05, 0) is 35.1 Å². The van der Waals surface area contributed by atoms with Gasteiger partial charge < -0.3 is 11.5 Å². The van der Waals surface area contributed by atoms with Gasteiger partial charge in [0.05, 0.1) is 0 Å². The average Bonchev–Trinajstić information content (AvgIpc) is 2.50. The average molecular weight is 278 g/mol. The van der Waals surface area contributed by atoms with Crippen molar-refractivity contribution in [3.63, 3.8) is 0 Å². The highest BCUT2D eigenvalue weighted by Gasteiger charge is 2.27. The van der Waals surface area contributed by atoms with Crippen LogP contribution in [0.25, 0.3) is 0 Å². The Balaban J connectivity index is 2.59. The van der Waals surface area contributed by atoms with E-state index in [0.717, 1.165) is 29.5 Å². The molecule has 2 aromatic rings. The molecule has 108 valence electrons. The van der Waals surface area contributed by atoms with Crippen LogP contribution in [0, 0.1) is 0 Å². The van der Waals surface area contributed by atoms with Gasteiger partial charge in [-0.3, -0.25) is 0 Å². The summed E-state index contributed by atoms with van der Waals surface area (Å²) in [6.45, 7) is 7.66. The van der Waals surface area contributed by atoms with E-state index in [1.54, 1.807) is 0 Å². The predicted molar refractivity (Wildman–Crippen MR) is 89.8 cm³/mol. The maximum Gasteiger partial charge on any atom is 0.117 e. The van der Waals surface area contributed by atoms with E-state index in [1.807, 2.05) is 54.6 Å². The fourth-order valence-electron chi connectivity index (χ4n) is 2.62. The molecule has 0 fully saturated rings. The molecule has 0 bridgehead atoms. The summed E-state index contributed by atoms with van der Waals surface area (Å²) in [5.41, 5.74) is 16.1. The van der Waals surface area contributed by atoms with Crippen molar-refractivity contribution in [2.75, 3.05) is 0 Å². The molecule has 0 radical (unpaired) electrons. The van der Waals surface area contributed by atoms with Crippen molar-refractivity contribution < 1.29 is 0 Å². The molecule has 2 nitrogen and oxygen atoms in total. The van der Waals surface area contributed by atoms with Gasteiger partial charge in [-0.15, -0.1) is 13.2 Å². The lowest BCUT2D eigenvalue weighted by atomic mass is 9.85. The van der Waals surface area contributed by atoms with Crippen LogP contribution in [-0.2, 0) is 18.5 Å². The summed E-state index contributed by atoms with van der Waals surface area (Å²) >= 11 is 0. The van der Waals surface area contributed by atoms with E-state index < -0.39 is 5.66 Å². The molecule has 2 rings (SSSR count). The first kappa shape index (κ1) is 15.2. The maximum atomic E-state index is 6.47. The predicted octanol–water partition coefficient (Wildman–Crippen LogP) is 3.26. The Morgan fingerprint density at radius 3 is 2.14 bits per heavy atom. The molecule has 0 saturated carbocycles. The zero-order chi connectivity index (χ0) is 15.3. The molecule has 2 aromatic carbocycles. The summed E-state index contributed by atoms with van der Waals surface area (Å²) in [6.07, 6.45) is 5.31. The van der Waals surface area contributed by atoms with Gasteiger partial charge in [-0.1, -0.05) is 60.7 Å². The van der Waals surface area contributed by atoms with Crippen LogP contribution in [0.1, 0.15) is 22.3 Å². The molecule has 0 aromatic heterocycles. The van der Waals surface area contributed by atoms with E-state index in [4.69, 9.17) is 11.5 Å². The van der Waals surface area contributed by atoms with E-state index in [2.05, 4.69) is 19.2 Å². The van der Waals surface area contributed by atoms with Crippen LogP contribution >= 0.6 is 0 Å². The smallest absolute Gasteiger partial charge is 0.117 e. The largest absolute Gasteiger partial charge is 0.306 e. The van der Waals surface area contributed by atoms with Crippen molar-refractivity contribution in [1.29, 1.82) is 0 Å². The topological polar surface area (TPSA) is 52.0 Å². The first-order valence-electron chi connectivity index (χ1n) is 7.07. The second kappa shape index (κ2) is 6.53. The molecule has 21 heavy (non-hydrogen) atoms. The molecular formula is C19H22N2. The highest BCUT2D eigenvalue weighted by molar-refractivity contribution is 5.46. The maximum absolute atomic E-state index is 6.47. The van der Waals surface area contributed by atoms with Gasteiger partial charge in [-0.2, -0.15) is 0 Å². The van der Waals surface area contributed by atoms with Gasteiger partial charge in [0.25, 0.3) is 0 Å². The minimum atomic E-state index is -1.02. The van der Waals surface area contributed by atoms with E-state index in [1.165, 1.54) is 5.56 Å². The van der Waals surface area contributed by atoms with Crippen molar-refractivity contribution in [2.24, 2.45) is 11.5 Å². The Hall–Kier alpha value is -2.16. The van der Waals surface area contributed by atoms with Crippen LogP contribution in [0.15, 0.2) is 73.8 Å². The van der Waals surface area contributed by atoms with E-state index >= 15 is 0 Å². The van der Waals surface area contributed by atoms with Crippen LogP contribution in [0.5, 0.6) is 0 Å². The number of benzene rings is 2. The molecule has 0 aliphatic heterocycles.